The summed E-state index contributed by atoms with van der Waals surface area (Å²) in [6, 6.07) is 4.55. The standard InChI is InChI=1S/C20H27N5O5S/c1-12(2)24(13(3)4)9-8-21-19(27)15-11-31-20(22-15)23-18(26)14-6-7-16(25(28)29)17(10-14)30-5/h6-7,10-13H,8-9H2,1-5H3,(H,21,27)(H,22,23,26). The number of ether oxygens (including phenoxy) is 1. The molecule has 2 N–H and O–H groups in total. The number of nitrogens with one attached hydrogen (secondary N) is 2. The lowest BCUT2D eigenvalue weighted by Gasteiger charge is -2.30. The minimum absolute atomic E-state index is 0.0197. The average Bonchev–Trinajstić information content (AvgIpc) is 3.18. The number of thiazole rings is 1. The fraction of sp³-hybridized carbons (Fsp3) is 0.450. The third-order valence-electron chi connectivity index (χ3n) is 4.58. The van der Waals surface area contributed by atoms with Crippen molar-refractivity contribution in [2.45, 2.75) is 39.8 Å². The van der Waals surface area contributed by atoms with Crippen LogP contribution in [0, 0.1) is 10.1 Å². The predicted octanol–water partition coefficient (Wildman–Crippen LogP) is 3.16. The molecule has 11 heteroatoms. The van der Waals surface area contributed by atoms with E-state index in [1.165, 1.54) is 25.3 Å². The summed E-state index contributed by atoms with van der Waals surface area (Å²) in [4.78, 5) is 41.6. The zero-order valence-electron chi connectivity index (χ0n) is 18.2. The van der Waals surface area contributed by atoms with E-state index in [1.807, 2.05) is 0 Å². The normalized spacial score (nSPS) is 11.1. The Labute approximate surface area is 184 Å². The van der Waals surface area contributed by atoms with Gasteiger partial charge in [-0.2, -0.15) is 0 Å². The number of carbonyl (C=O) groups is 2. The molecule has 0 unspecified atom stereocenters. The van der Waals surface area contributed by atoms with Crippen LogP contribution in [0.4, 0.5) is 10.8 Å². The highest BCUT2D eigenvalue weighted by Crippen LogP contribution is 2.28. The van der Waals surface area contributed by atoms with Crippen LogP contribution < -0.4 is 15.4 Å². The summed E-state index contributed by atoms with van der Waals surface area (Å²) in [6.45, 7) is 9.64. The first kappa shape index (κ1) is 24.2. The molecule has 0 spiro atoms. The lowest BCUT2D eigenvalue weighted by Crippen LogP contribution is -2.42. The molecule has 1 aromatic carbocycles. The van der Waals surface area contributed by atoms with Crippen molar-refractivity contribution < 1.29 is 19.2 Å². The van der Waals surface area contributed by atoms with E-state index in [4.69, 9.17) is 4.74 Å². The predicted molar refractivity (Wildman–Crippen MR) is 119 cm³/mol. The first-order valence-corrected chi connectivity index (χ1v) is 10.6. The van der Waals surface area contributed by atoms with Crippen LogP contribution in [0.25, 0.3) is 0 Å². The summed E-state index contributed by atoms with van der Waals surface area (Å²) in [6.07, 6.45) is 0. The van der Waals surface area contributed by atoms with Crippen LogP contribution >= 0.6 is 11.3 Å². The van der Waals surface area contributed by atoms with Gasteiger partial charge in [0, 0.05) is 48.2 Å². The van der Waals surface area contributed by atoms with Crippen LogP contribution in [-0.4, -0.2) is 58.9 Å². The second-order valence-electron chi connectivity index (χ2n) is 7.32. The summed E-state index contributed by atoms with van der Waals surface area (Å²) in [5.41, 5.74) is 0.147. The molecule has 1 aromatic heterocycles. The van der Waals surface area contributed by atoms with E-state index in [-0.39, 0.29) is 33.7 Å². The SMILES string of the molecule is COc1cc(C(=O)Nc2nc(C(=O)NCCN(C(C)C)C(C)C)cs2)ccc1[N+](=O)[O-]. The van der Waals surface area contributed by atoms with Crippen LogP contribution in [0.2, 0.25) is 0 Å². The summed E-state index contributed by atoms with van der Waals surface area (Å²) < 4.78 is 4.98. The van der Waals surface area contributed by atoms with Gasteiger partial charge < -0.3 is 10.1 Å². The third kappa shape index (κ3) is 6.46. The number of amides is 2. The van der Waals surface area contributed by atoms with Gasteiger partial charge in [-0.25, -0.2) is 4.98 Å². The Morgan fingerprint density at radius 3 is 2.48 bits per heavy atom. The number of nitrogens with zero attached hydrogens (tertiary/aromatic N) is 3. The van der Waals surface area contributed by atoms with E-state index in [2.05, 4.69) is 48.2 Å². The van der Waals surface area contributed by atoms with Gasteiger partial charge in [0.15, 0.2) is 10.9 Å². The lowest BCUT2D eigenvalue weighted by molar-refractivity contribution is -0.385. The fourth-order valence-electron chi connectivity index (χ4n) is 3.08. The number of carbonyl (C=O) groups excluding carboxylic acids is 2. The Morgan fingerprint density at radius 2 is 1.90 bits per heavy atom. The molecule has 0 saturated heterocycles. The summed E-state index contributed by atoms with van der Waals surface area (Å²) in [5, 5.41) is 18.2. The Kier molecular flexibility index (Phi) is 8.46. The van der Waals surface area contributed by atoms with E-state index >= 15 is 0 Å². The van der Waals surface area contributed by atoms with Gasteiger partial charge in [0.2, 0.25) is 0 Å². The smallest absolute Gasteiger partial charge is 0.310 e. The molecule has 0 aliphatic heterocycles. The van der Waals surface area contributed by atoms with Crippen molar-refractivity contribution in [1.82, 2.24) is 15.2 Å². The van der Waals surface area contributed by atoms with Crippen molar-refractivity contribution in [1.29, 1.82) is 0 Å². The van der Waals surface area contributed by atoms with Gasteiger partial charge >= 0.3 is 5.69 Å². The van der Waals surface area contributed by atoms with Crippen molar-refractivity contribution in [2.75, 3.05) is 25.5 Å². The molecule has 10 nitrogen and oxygen atoms in total. The molecule has 0 atom stereocenters. The topological polar surface area (TPSA) is 127 Å². The molecule has 168 valence electrons. The number of hydrogen-bond donors (Lipinski definition) is 2. The number of rotatable bonds is 10. The lowest BCUT2D eigenvalue weighted by atomic mass is 10.2. The van der Waals surface area contributed by atoms with Gasteiger partial charge in [-0.1, -0.05) is 0 Å². The molecule has 0 aliphatic rings. The van der Waals surface area contributed by atoms with Crippen molar-refractivity contribution in [3.63, 3.8) is 0 Å². The molecular formula is C20H27N5O5S. The van der Waals surface area contributed by atoms with Crippen molar-refractivity contribution in [2.24, 2.45) is 0 Å². The van der Waals surface area contributed by atoms with Gasteiger partial charge in [0.05, 0.1) is 12.0 Å². The Bertz CT molecular complexity index is 936. The average molecular weight is 450 g/mol. The Balaban J connectivity index is 1.97. The molecule has 0 aliphatic carbocycles. The quantitative estimate of drug-likeness (QED) is 0.421. The number of methoxy groups -OCH3 is 1. The van der Waals surface area contributed by atoms with Crippen molar-refractivity contribution in [3.8, 4) is 5.75 Å². The molecule has 2 rings (SSSR count). The second kappa shape index (κ2) is 10.8. The van der Waals surface area contributed by atoms with Gasteiger partial charge in [0.1, 0.15) is 5.69 Å². The number of benzene rings is 1. The number of nitro groups is 1. The largest absolute Gasteiger partial charge is 0.490 e. The van der Waals surface area contributed by atoms with Crippen LogP contribution in [0.1, 0.15) is 48.5 Å². The summed E-state index contributed by atoms with van der Waals surface area (Å²) >= 11 is 1.11. The molecule has 2 aromatic rings. The number of aromatic nitrogens is 1. The number of anilines is 1. The molecule has 0 bridgehead atoms. The highest BCUT2D eigenvalue weighted by atomic mass is 32.1. The summed E-state index contributed by atoms with van der Waals surface area (Å²) in [5.74, 6) is -0.853. The highest BCUT2D eigenvalue weighted by molar-refractivity contribution is 7.14. The van der Waals surface area contributed by atoms with E-state index in [0.29, 0.717) is 18.6 Å². The first-order chi connectivity index (χ1) is 14.6. The minimum atomic E-state index is -0.590. The van der Waals surface area contributed by atoms with E-state index < -0.39 is 10.8 Å². The van der Waals surface area contributed by atoms with Gasteiger partial charge in [-0.15, -0.1) is 11.3 Å². The monoisotopic (exact) mass is 449 g/mol. The molecule has 0 radical (unpaired) electrons. The summed E-state index contributed by atoms with van der Waals surface area (Å²) in [7, 11) is 1.29. The van der Waals surface area contributed by atoms with Crippen LogP contribution in [-0.2, 0) is 0 Å². The zero-order valence-corrected chi connectivity index (χ0v) is 19.0. The van der Waals surface area contributed by atoms with Gasteiger partial charge in [0.25, 0.3) is 11.8 Å². The Morgan fingerprint density at radius 1 is 1.23 bits per heavy atom. The maximum absolute atomic E-state index is 12.4. The van der Waals surface area contributed by atoms with E-state index in [0.717, 1.165) is 17.9 Å². The molecule has 0 saturated carbocycles. The molecule has 0 fully saturated rings. The van der Waals surface area contributed by atoms with E-state index in [9.17, 15) is 19.7 Å². The van der Waals surface area contributed by atoms with Gasteiger partial charge in [-0.05, 0) is 33.8 Å². The molecule has 2 amide bonds. The van der Waals surface area contributed by atoms with Crippen LogP contribution in [0.15, 0.2) is 23.6 Å². The van der Waals surface area contributed by atoms with Crippen molar-refractivity contribution in [3.05, 3.63) is 45.0 Å². The van der Waals surface area contributed by atoms with Crippen LogP contribution in [0.3, 0.4) is 0 Å². The number of nitro benzene ring substituents is 1. The third-order valence-corrected chi connectivity index (χ3v) is 5.34. The minimum Gasteiger partial charge on any atom is -0.490 e. The molecule has 1 heterocycles. The number of hydrogen-bond acceptors (Lipinski definition) is 8. The van der Waals surface area contributed by atoms with Crippen molar-refractivity contribution >= 4 is 34.0 Å². The zero-order chi connectivity index (χ0) is 23.1. The second-order valence-corrected chi connectivity index (χ2v) is 8.18. The van der Waals surface area contributed by atoms with E-state index in [1.54, 1.807) is 5.38 Å². The van der Waals surface area contributed by atoms with Gasteiger partial charge in [-0.3, -0.25) is 29.9 Å². The fourth-order valence-corrected chi connectivity index (χ4v) is 3.76. The first-order valence-electron chi connectivity index (χ1n) is 9.77. The maximum atomic E-state index is 12.4. The molecular weight excluding hydrogens is 422 g/mol. The highest BCUT2D eigenvalue weighted by Gasteiger charge is 2.19. The maximum Gasteiger partial charge on any atom is 0.310 e. The molecule has 31 heavy (non-hydrogen) atoms. The van der Waals surface area contributed by atoms with Crippen LogP contribution in [0.5, 0.6) is 5.75 Å². The Hall–Kier alpha value is -3.05.